The van der Waals surface area contributed by atoms with Crippen molar-refractivity contribution < 1.29 is 89.4 Å². The number of carbonyl (C=O) groups excluding carboxylic acids is 1. The van der Waals surface area contributed by atoms with Crippen LogP contribution >= 0.6 is 0 Å². The van der Waals surface area contributed by atoms with Crippen molar-refractivity contribution in [2.45, 2.75) is 388 Å². The summed E-state index contributed by atoms with van der Waals surface area (Å²) < 4.78 is 34.4. The van der Waals surface area contributed by atoms with Crippen molar-refractivity contribution in [1.29, 1.82) is 0 Å². The Morgan fingerprint density at radius 1 is 0.374 bits per heavy atom. The van der Waals surface area contributed by atoms with E-state index in [-0.39, 0.29) is 18.9 Å². The molecule has 99 heavy (non-hydrogen) atoms. The van der Waals surface area contributed by atoms with E-state index in [9.17, 15) is 61.0 Å². The Morgan fingerprint density at radius 2 is 0.697 bits per heavy atom. The van der Waals surface area contributed by atoms with Gasteiger partial charge in [-0.1, -0.05) is 292 Å². The highest BCUT2D eigenvalue weighted by Gasteiger charge is 2.53. The zero-order valence-electron chi connectivity index (χ0n) is 61.2. The molecule has 3 fully saturated rings. The zero-order valence-corrected chi connectivity index (χ0v) is 61.2. The van der Waals surface area contributed by atoms with Crippen LogP contribution < -0.4 is 5.32 Å². The molecule has 0 aromatic rings. The lowest BCUT2D eigenvalue weighted by molar-refractivity contribution is -0.379. The summed E-state index contributed by atoms with van der Waals surface area (Å²) in [6, 6.07) is -0.980. The van der Waals surface area contributed by atoms with Crippen LogP contribution in [0.2, 0.25) is 0 Å². The van der Waals surface area contributed by atoms with Crippen molar-refractivity contribution in [2.24, 2.45) is 0 Å². The molecule has 0 spiro atoms. The van der Waals surface area contributed by atoms with E-state index in [0.717, 1.165) is 96.3 Å². The second kappa shape index (κ2) is 60.3. The molecule has 0 aliphatic carbocycles. The molecule has 1 amide bonds. The monoisotopic (exact) mass is 1400 g/mol. The molecular formula is C80H141NO18. The van der Waals surface area contributed by atoms with Crippen molar-refractivity contribution in [1.82, 2.24) is 5.32 Å². The fraction of sp³-hybridized carbons (Fsp3) is 0.812. The Bertz CT molecular complexity index is 2120. The summed E-state index contributed by atoms with van der Waals surface area (Å²) in [5, 5.41) is 121. The molecule has 0 saturated carbocycles. The fourth-order valence-electron chi connectivity index (χ4n) is 12.9. The molecule has 0 aromatic carbocycles. The Kier molecular flexibility index (Phi) is 54.9. The molecule has 3 aliphatic heterocycles. The smallest absolute Gasteiger partial charge is 0.220 e. The van der Waals surface area contributed by atoms with E-state index in [4.69, 9.17) is 28.4 Å². The maximum absolute atomic E-state index is 13.5. The summed E-state index contributed by atoms with van der Waals surface area (Å²) in [6.07, 6.45) is 52.7. The summed E-state index contributed by atoms with van der Waals surface area (Å²) in [6.45, 7) is 1.65. The molecule has 574 valence electrons. The van der Waals surface area contributed by atoms with Gasteiger partial charge in [0.15, 0.2) is 18.9 Å². The Labute approximate surface area is 597 Å². The van der Waals surface area contributed by atoms with Crippen LogP contribution in [0.25, 0.3) is 0 Å². The number of ether oxygens (including phenoxy) is 6. The Morgan fingerprint density at radius 3 is 1.09 bits per heavy atom. The van der Waals surface area contributed by atoms with E-state index in [2.05, 4.69) is 92.1 Å². The van der Waals surface area contributed by atoms with Crippen molar-refractivity contribution in [3.05, 3.63) is 85.1 Å². The predicted octanol–water partition coefficient (Wildman–Crippen LogP) is 12.6. The molecule has 3 saturated heterocycles. The number of amides is 1. The summed E-state index contributed by atoms with van der Waals surface area (Å²) in [5.41, 5.74) is 0. The van der Waals surface area contributed by atoms with Gasteiger partial charge in [-0.15, -0.1) is 0 Å². The van der Waals surface area contributed by atoms with Gasteiger partial charge in [0.1, 0.15) is 73.2 Å². The van der Waals surface area contributed by atoms with Gasteiger partial charge >= 0.3 is 0 Å². The maximum atomic E-state index is 13.5. The predicted molar refractivity (Wildman–Crippen MR) is 392 cm³/mol. The molecule has 0 aromatic heterocycles. The van der Waals surface area contributed by atoms with E-state index < -0.39 is 124 Å². The third-order valence-electron chi connectivity index (χ3n) is 19.2. The second-order valence-corrected chi connectivity index (χ2v) is 27.8. The van der Waals surface area contributed by atoms with Crippen LogP contribution in [0.5, 0.6) is 0 Å². The van der Waals surface area contributed by atoms with E-state index in [1.807, 2.05) is 6.08 Å². The molecule has 19 nitrogen and oxygen atoms in total. The van der Waals surface area contributed by atoms with E-state index >= 15 is 0 Å². The minimum absolute atomic E-state index is 0.237. The topological polar surface area (TPSA) is 307 Å². The molecule has 17 atom stereocenters. The van der Waals surface area contributed by atoms with Crippen molar-refractivity contribution in [2.75, 3.05) is 26.4 Å². The van der Waals surface area contributed by atoms with Gasteiger partial charge in [0.05, 0.1) is 38.6 Å². The molecule has 3 rings (SSSR count). The Balaban J connectivity index is 1.39. The number of hydrogen-bond donors (Lipinski definition) is 12. The molecule has 3 heterocycles. The minimum Gasteiger partial charge on any atom is -0.394 e. The first kappa shape index (κ1) is 90.2. The van der Waals surface area contributed by atoms with Gasteiger partial charge in [0.2, 0.25) is 5.91 Å². The van der Waals surface area contributed by atoms with Crippen molar-refractivity contribution in [3.8, 4) is 0 Å². The highest BCUT2D eigenvalue weighted by atomic mass is 16.8. The van der Waals surface area contributed by atoms with Crippen LogP contribution in [0.15, 0.2) is 85.1 Å². The average Bonchev–Trinajstić information content (AvgIpc) is 0.577. The maximum Gasteiger partial charge on any atom is 0.220 e. The first-order valence-electron chi connectivity index (χ1n) is 39.3. The molecule has 0 radical (unpaired) electrons. The first-order valence-corrected chi connectivity index (χ1v) is 39.3. The molecule has 3 aliphatic rings. The average molecular weight is 1400 g/mol. The summed E-state index contributed by atoms with van der Waals surface area (Å²) in [5.74, 6) is -0.278. The van der Waals surface area contributed by atoms with Gasteiger partial charge in [-0.3, -0.25) is 4.79 Å². The largest absolute Gasteiger partial charge is 0.394 e. The summed E-state index contributed by atoms with van der Waals surface area (Å²) in [4.78, 5) is 13.5. The third-order valence-corrected chi connectivity index (χ3v) is 19.2. The Hall–Kier alpha value is -3.03. The zero-order chi connectivity index (χ0) is 71.8. The van der Waals surface area contributed by atoms with Crippen LogP contribution in [0.1, 0.15) is 284 Å². The molecule has 17 unspecified atom stereocenters. The SMILES string of the molecule is CC/C=C\C/C=C\C/C=C\C/C=C\C/C=C\C/C=C\CCCCCCCCCCCCCCC(=O)NC(COC1OC(CO)C(OC2OC(CO)C(OC3OC(CO)C(O)C(O)C3O)C(O)C2O)C(O)C1O)C(O)/C=C/CCCCCCCCCCCCCCCCCCCCCCC. The number of nitrogens with one attached hydrogen (secondary N) is 1. The number of carbonyl (C=O) groups is 1. The fourth-order valence-corrected chi connectivity index (χ4v) is 12.9. The second-order valence-electron chi connectivity index (χ2n) is 27.8. The highest BCUT2D eigenvalue weighted by molar-refractivity contribution is 5.76. The van der Waals surface area contributed by atoms with Crippen LogP contribution in [0, 0.1) is 0 Å². The molecule has 19 heteroatoms. The van der Waals surface area contributed by atoms with Crippen LogP contribution in [0.3, 0.4) is 0 Å². The number of rotatable bonds is 61. The van der Waals surface area contributed by atoms with E-state index in [1.165, 1.54) is 161 Å². The number of unbranched alkanes of at least 4 members (excludes halogenated alkanes) is 33. The molecule has 0 bridgehead atoms. The van der Waals surface area contributed by atoms with Gasteiger partial charge in [0, 0.05) is 6.42 Å². The molecular weight excluding hydrogens is 1260 g/mol. The van der Waals surface area contributed by atoms with Gasteiger partial charge in [-0.25, -0.2) is 0 Å². The van der Waals surface area contributed by atoms with Crippen LogP contribution in [-0.4, -0.2) is 193 Å². The van der Waals surface area contributed by atoms with Crippen molar-refractivity contribution >= 4 is 5.91 Å². The summed E-state index contributed by atoms with van der Waals surface area (Å²) in [7, 11) is 0. The van der Waals surface area contributed by atoms with Crippen LogP contribution in [0.4, 0.5) is 0 Å². The van der Waals surface area contributed by atoms with Gasteiger partial charge in [-0.05, 0) is 70.6 Å². The minimum atomic E-state index is -1.98. The van der Waals surface area contributed by atoms with E-state index in [1.54, 1.807) is 6.08 Å². The van der Waals surface area contributed by atoms with Crippen LogP contribution in [-0.2, 0) is 33.2 Å². The van der Waals surface area contributed by atoms with Gasteiger partial charge in [-0.2, -0.15) is 0 Å². The lowest BCUT2D eigenvalue weighted by Gasteiger charge is -2.48. The number of aliphatic hydroxyl groups is 11. The molecule has 12 N–H and O–H groups in total. The standard InChI is InChI=1S/C80H141NO18/c1-3-5-7-9-11-13-15-17-19-21-23-25-27-28-29-30-31-32-33-34-36-38-40-42-44-46-48-50-52-54-56-58-68(86)81-63(64(85)57-55-53-51-49-47-45-43-41-39-37-35-26-24-22-20-18-16-14-12-10-8-6-4-2)62-94-78-74(92)71(89)76(66(60-83)96-78)99-80-75(93)72(90)77(67(61-84)97-80)98-79-73(91)70(88)69(87)65(59-82)95-79/h5,7,11,13,17,19,23,25,28-29,31-32,55,57,63-67,69-80,82-85,87-93H,3-4,6,8-10,12,14-16,18,20-22,24,26-27,30,33-54,56,58-62H2,1-2H3,(H,81,86)/b7-5-,13-11-,19-17-,25-23-,29-28-,32-31-,57-55+. The quantitative estimate of drug-likeness (QED) is 0.0199. The number of aliphatic hydroxyl groups excluding tert-OH is 11. The third kappa shape index (κ3) is 40.7. The first-order chi connectivity index (χ1) is 48.3. The summed E-state index contributed by atoms with van der Waals surface area (Å²) >= 11 is 0. The van der Waals surface area contributed by atoms with Gasteiger partial charge < -0.3 is 89.9 Å². The highest BCUT2D eigenvalue weighted by Crippen LogP contribution is 2.33. The lowest BCUT2D eigenvalue weighted by atomic mass is 9.96. The van der Waals surface area contributed by atoms with E-state index in [0.29, 0.717) is 6.42 Å². The van der Waals surface area contributed by atoms with Gasteiger partial charge in [0.25, 0.3) is 0 Å². The number of hydrogen-bond acceptors (Lipinski definition) is 18. The van der Waals surface area contributed by atoms with Crippen molar-refractivity contribution in [3.63, 3.8) is 0 Å². The number of allylic oxidation sites excluding steroid dienone is 13. The normalized spacial score (nSPS) is 27.1. The lowest BCUT2D eigenvalue weighted by Crippen LogP contribution is -2.66.